The van der Waals surface area contributed by atoms with Gasteiger partial charge in [0.2, 0.25) is 25.9 Å². The number of halogens is 3. The summed E-state index contributed by atoms with van der Waals surface area (Å²) in [6.45, 7) is 21.0. The van der Waals surface area contributed by atoms with Crippen LogP contribution in [0.15, 0.2) is 145 Å². The summed E-state index contributed by atoms with van der Waals surface area (Å²) in [7, 11) is -4.11. The molecule has 3 spiro atoms. The molecule has 602 valence electrons. The highest BCUT2D eigenvalue weighted by atomic mass is 35.5. The largest absolute Gasteiger partial charge is 0.497 e. The average Bonchev–Trinajstić information content (AvgIpc) is 1.54. The molecule has 0 bridgehead atoms. The molecule has 112 heavy (non-hydrogen) atoms. The van der Waals surface area contributed by atoms with E-state index in [1.807, 2.05) is 63.2 Å². The van der Waals surface area contributed by atoms with Crippen molar-refractivity contribution in [2.75, 3.05) is 144 Å². The first kappa shape index (κ1) is 83.6. The topological polar surface area (TPSA) is 267 Å². The monoisotopic (exact) mass is 1630 g/mol. The van der Waals surface area contributed by atoms with Crippen LogP contribution < -0.4 is 44.0 Å². The third-order valence-electron chi connectivity index (χ3n) is 23.6. The van der Waals surface area contributed by atoms with Gasteiger partial charge in [0.25, 0.3) is 0 Å². The van der Waals surface area contributed by atoms with Crippen LogP contribution in [0.2, 0.25) is 15.5 Å². The number of hydrogen-bond acceptors (Lipinski definition) is 23. The molecule has 2 aromatic carbocycles. The Bertz CT molecular complexity index is 4490. The number of methoxy groups -OCH3 is 2. The van der Waals surface area contributed by atoms with E-state index in [2.05, 4.69) is 111 Å². The van der Waals surface area contributed by atoms with Crippen LogP contribution in [0, 0.1) is 43.9 Å². The van der Waals surface area contributed by atoms with Crippen molar-refractivity contribution in [3.8, 4) is 17.4 Å². The summed E-state index contributed by atoms with van der Waals surface area (Å²) >= 11 is 16.8. The van der Waals surface area contributed by atoms with Gasteiger partial charge < -0.3 is 49.1 Å². The Morgan fingerprint density at radius 3 is 1.09 bits per heavy atom. The molecule has 8 fully saturated rings. The minimum absolute atomic E-state index is 0.00713. The molecule has 0 amide bonds. The maximum absolute atomic E-state index is 13.8. The Hall–Kier alpha value is -7.86. The number of sulfonamides is 2. The zero-order chi connectivity index (χ0) is 78.9. The molecule has 0 unspecified atom stereocenters. The molecule has 0 atom stereocenters. The molecule has 16 rings (SSSR count). The number of ether oxygens (including phenoxy) is 3. The van der Waals surface area contributed by atoms with Crippen LogP contribution in [-0.2, 0) is 20.0 Å². The van der Waals surface area contributed by atoms with Gasteiger partial charge in [0.15, 0.2) is 0 Å². The number of nitrogens with one attached hydrogen (secondary N) is 1. The molecule has 12 heterocycles. The first-order chi connectivity index (χ1) is 54.1. The van der Waals surface area contributed by atoms with Crippen molar-refractivity contribution in [2.24, 2.45) is 16.2 Å². The second-order valence-electron chi connectivity index (χ2n) is 30.8. The second kappa shape index (κ2) is 38.5. The maximum atomic E-state index is 13.8. The van der Waals surface area contributed by atoms with E-state index in [0.717, 1.165) is 103 Å². The molecular weight excluding hydrogens is 1520 g/mol. The summed E-state index contributed by atoms with van der Waals surface area (Å²) in [5.41, 5.74) is 8.15. The lowest BCUT2D eigenvalue weighted by molar-refractivity contribution is 0.155. The number of aryl methyl sites for hydroxylation is 4. The molecule has 2 aliphatic carbocycles. The van der Waals surface area contributed by atoms with E-state index in [1.165, 1.54) is 124 Å². The molecule has 8 aliphatic rings. The van der Waals surface area contributed by atoms with Gasteiger partial charge in [-0.15, -0.1) is 0 Å². The van der Waals surface area contributed by atoms with Gasteiger partial charge in [0.1, 0.15) is 64.2 Å². The summed E-state index contributed by atoms with van der Waals surface area (Å²) in [6.07, 6.45) is 34.3. The van der Waals surface area contributed by atoms with Crippen LogP contribution in [-0.4, -0.2) is 207 Å². The summed E-state index contributed by atoms with van der Waals surface area (Å²) in [6, 6.07) is 24.9. The molecule has 6 aliphatic heterocycles. The minimum Gasteiger partial charge on any atom is -0.497 e. The smallest absolute Gasteiger partial charge is 0.243 e. The predicted molar refractivity (Wildman–Crippen MR) is 442 cm³/mol. The minimum atomic E-state index is -3.69. The molecule has 2 N–H and O–H groups in total. The van der Waals surface area contributed by atoms with Crippen LogP contribution in [0.4, 0.5) is 28.7 Å². The fourth-order valence-electron chi connectivity index (χ4n) is 16.8. The van der Waals surface area contributed by atoms with Crippen molar-refractivity contribution >= 4 is 83.5 Å². The predicted octanol–water partition coefficient (Wildman–Crippen LogP) is 13.3. The first-order valence-corrected chi connectivity index (χ1v) is 43.3. The van der Waals surface area contributed by atoms with E-state index in [0.29, 0.717) is 81.1 Å². The Balaban J connectivity index is 0.000000143. The van der Waals surface area contributed by atoms with Crippen molar-refractivity contribution in [2.45, 2.75) is 152 Å². The number of rotatable bonds is 19. The molecule has 6 saturated heterocycles. The Kier molecular flexibility index (Phi) is 28.7. The number of hydrogen-bond donors (Lipinski definition) is 2. The van der Waals surface area contributed by atoms with E-state index in [4.69, 9.17) is 54.1 Å². The summed E-state index contributed by atoms with van der Waals surface area (Å²) in [5.74, 6) is 3.61. The zero-order valence-electron chi connectivity index (χ0n) is 65.4. The first-order valence-electron chi connectivity index (χ1n) is 39.3. The second-order valence-corrected chi connectivity index (χ2v) is 35.6. The fraction of sp³-hybridized carbons (Fsp3) is 0.524. The number of nitrogens with zero attached hydrogens (tertiary/aromatic N) is 16. The quantitative estimate of drug-likeness (QED) is 0.0712. The Labute approximate surface area is 676 Å². The number of aliphatic hydroxyl groups excluding tert-OH is 1. The number of anilines is 5. The number of piperidine rings is 6. The van der Waals surface area contributed by atoms with Crippen molar-refractivity contribution in [1.29, 1.82) is 0 Å². The Morgan fingerprint density at radius 1 is 0.438 bits per heavy atom. The number of aliphatic hydroxyl groups is 1. The lowest BCUT2D eigenvalue weighted by Crippen LogP contribution is -2.47. The van der Waals surface area contributed by atoms with Gasteiger partial charge in [-0.05, 0) is 243 Å². The molecule has 30 heteroatoms. The summed E-state index contributed by atoms with van der Waals surface area (Å²) in [4.78, 5) is 49.6. The summed E-state index contributed by atoms with van der Waals surface area (Å²) < 4.78 is 72.7. The van der Waals surface area contributed by atoms with Crippen LogP contribution >= 0.6 is 34.8 Å². The maximum Gasteiger partial charge on any atom is 0.243 e. The van der Waals surface area contributed by atoms with Gasteiger partial charge in [-0.25, -0.2) is 46.7 Å². The van der Waals surface area contributed by atoms with Crippen LogP contribution in [0.3, 0.4) is 0 Å². The van der Waals surface area contributed by atoms with Gasteiger partial charge >= 0.3 is 0 Å². The highest BCUT2D eigenvalue weighted by Gasteiger charge is 2.43. The van der Waals surface area contributed by atoms with Gasteiger partial charge in [-0.3, -0.25) is 15.0 Å². The van der Waals surface area contributed by atoms with Gasteiger partial charge in [0, 0.05) is 163 Å². The molecular formula is C82H108Cl3N17O8S2. The van der Waals surface area contributed by atoms with E-state index < -0.39 is 20.0 Å². The number of pyridine rings is 3. The molecule has 8 aromatic rings. The molecule has 2 saturated carbocycles. The van der Waals surface area contributed by atoms with E-state index in [1.54, 1.807) is 69.3 Å². The number of aromatic nitrogens is 9. The molecule has 0 radical (unpaired) electrons. The van der Waals surface area contributed by atoms with Crippen molar-refractivity contribution < 1.29 is 36.2 Å². The number of benzene rings is 2. The van der Waals surface area contributed by atoms with Crippen LogP contribution in [0.25, 0.3) is 0 Å². The van der Waals surface area contributed by atoms with Crippen molar-refractivity contribution in [3.63, 3.8) is 0 Å². The van der Waals surface area contributed by atoms with E-state index in [9.17, 15) is 16.8 Å². The SMILES string of the molecule is COc1cc(C)c(S(=O)(=O)N(CCO)C2CC2)c(C)c1.COc1cc(C)c(S(=O)(=O)N(CCOc2cc(N3CCC4(CCN(c5ccncc5)CC4)CC3)ncn2)C2CC2)c(C)c1.Clc1cc(Cl)ncn1.Clc1cc(N2CCC3(CCN(c4ccncc4)CC3)CC2)ncn1.c1cc(N2CCC3(CCNCC3)CC2)ccn1. The van der Waals surface area contributed by atoms with Crippen LogP contribution in [0.5, 0.6) is 17.4 Å². The van der Waals surface area contributed by atoms with Crippen molar-refractivity contribution in [1.82, 2.24) is 58.8 Å². The zero-order valence-corrected chi connectivity index (χ0v) is 69.3. The third-order valence-corrected chi connectivity index (χ3v) is 28.8. The summed E-state index contributed by atoms with van der Waals surface area (Å²) in [5, 5.41) is 13.8. The third kappa shape index (κ3) is 21.8. The van der Waals surface area contributed by atoms with Gasteiger partial charge in [0.05, 0.1) is 30.6 Å². The normalized spacial score (nSPS) is 18.6. The van der Waals surface area contributed by atoms with Gasteiger partial charge in [-0.1, -0.05) is 34.8 Å². The Morgan fingerprint density at radius 2 is 0.759 bits per heavy atom. The highest BCUT2D eigenvalue weighted by molar-refractivity contribution is 7.89. The lowest BCUT2D eigenvalue weighted by Gasteiger charge is -2.47. The van der Waals surface area contributed by atoms with E-state index in [-0.39, 0.29) is 38.4 Å². The van der Waals surface area contributed by atoms with Crippen molar-refractivity contribution in [3.05, 3.63) is 173 Å². The lowest BCUT2D eigenvalue weighted by atomic mass is 9.71. The van der Waals surface area contributed by atoms with Gasteiger partial charge in [-0.2, -0.15) is 8.61 Å². The van der Waals surface area contributed by atoms with Crippen LogP contribution in [0.1, 0.15) is 125 Å². The molecule has 6 aromatic heterocycles. The fourth-order valence-corrected chi connectivity index (χ4v) is 21.5. The average molecular weight is 1630 g/mol. The van der Waals surface area contributed by atoms with E-state index >= 15 is 0 Å². The molecule has 25 nitrogen and oxygen atoms in total. The standard InChI is InChI=1S/C32H42N6O4S.C18H22ClN5.C14H21N3.C14H21NO4S.C4H2Cl2N2/c1-24-20-28(41-3)21-25(2)31(24)43(39,40)38(27-4-5-27)18-19-42-30-22-29(34-23-35-30)37-16-10-32(11-17-37)8-14-36(15-9-32)26-6-12-33-13-7-26;19-16-13-17(22-14-21-16)24-11-5-18(6-12-24)3-9-23(10-4-18)15-1-7-20-8-2-15;1-7-15-8-2-13(1)17-11-5-14(6-12-17)3-9-16-10-4-14;1-10-8-13(19-3)9-11(2)14(10)20(17,18)15(6-7-16)12-4-5-12;5-3-1-4(6)8-2-7-3/h6-7,12-13,20-23,27H,4-5,8-11,14-19H2,1-3H3;1-2,7-8,13-14H,3-6,9-12H2;1-2,7-8,16H,3-6,9-12H2;8-9,12,16H,4-7H2,1-3H3;1-2H. The highest BCUT2D eigenvalue weighted by Crippen LogP contribution is 2.46.